The van der Waals surface area contributed by atoms with E-state index in [4.69, 9.17) is 9.73 Å². The highest BCUT2D eigenvalue weighted by atomic mass is 16.5. The van der Waals surface area contributed by atoms with Crippen molar-refractivity contribution in [3.05, 3.63) is 59.2 Å². The minimum absolute atomic E-state index is 0.113. The van der Waals surface area contributed by atoms with E-state index in [1.807, 2.05) is 18.2 Å². The Hall–Kier alpha value is -2.37. The number of likely N-dealkylation sites (tertiary alicyclic amines) is 1. The van der Waals surface area contributed by atoms with E-state index in [0.29, 0.717) is 18.7 Å². The van der Waals surface area contributed by atoms with Gasteiger partial charge in [0.25, 0.3) is 0 Å². The molecule has 2 heterocycles. The highest BCUT2D eigenvalue weighted by Crippen LogP contribution is 2.65. The maximum Gasteiger partial charge on any atom is 0.166 e. The van der Waals surface area contributed by atoms with Crippen molar-refractivity contribution < 1.29 is 14.9 Å². The van der Waals surface area contributed by atoms with Crippen LogP contribution in [0.3, 0.4) is 0 Å². The SMILES string of the molecule is Oc1ccc2c3c1O[C@H]1C(=NCc4ccccc4)CC[C@@]4(O)[C@@H](C2)N(CC2CC2)CC[C@]314. The summed E-state index contributed by atoms with van der Waals surface area (Å²) in [5, 5.41) is 23.2. The molecule has 166 valence electrons. The topological polar surface area (TPSA) is 65.3 Å². The van der Waals surface area contributed by atoms with E-state index in [2.05, 4.69) is 23.1 Å². The number of phenols is 1. The van der Waals surface area contributed by atoms with Crippen LogP contribution in [0, 0.1) is 5.92 Å². The zero-order chi connectivity index (χ0) is 21.5. The minimum Gasteiger partial charge on any atom is -0.504 e. The summed E-state index contributed by atoms with van der Waals surface area (Å²) in [7, 11) is 0. The van der Waals surface area contributed by atoms with Crippen LogP contribution >= 0.6 is 0 Å². The third-order valence-electron chi connectivity index (χ3n) is 8.89. The zero-order valence-corrected chi connectivity index (χ0v) is 18.3. The van der Waals surface area contributed by atoms with Crippen molar-refractivity contribution in [1.82, 2.24) is 4.90 Å². The lowest BCUT2D eigenvalue weighted by atomic mass is 9.49. The molecule has 0 radical (unpaired) electrons. The van der Waals surface area contributed by atoms with Gasteiger partial charge in [-0.1, -0.05) is 36.4 Å². The quantitative estimate of drug-likeness (QED) is 0.778. The molecule has 2 saturated carbocycles. The van der Waals surface area contributed by atoms with Crippen molar-refractivity contribution in [1.29, 1.82) is 0 Å². The van der Waals surface area contributed by atoms with Crippen molar-refractivity contribution in [3.8, 4) is 11.5 Å². The predicted octanol–water partition coefficient (Wildman–Crippen LogP) is 3.60. The highest BCUT2D eigenvalue weighted by molar-refractivity contribution is 5.94. The van der Waals surface area contributed by atoms with Crippen LogP contribution in [-0.4, -0.2) is 51.7 Å². The lowest BCUT2D eigenvalue weighted by molar-refractivity contribution is -0.166. The summed E-state index contributed by atoms with van der Waals surface area (Å²) in [6, 6.07) is 14.3. The van der Waals surface area contributed by atoms with Crippen LogP contribution in [-0.2, 0) is 18.4 Å². The van der Waals surface area contributed by atoms with Crippen LogP contribution in [0.25, 0.3) is 0 Å². The molecule has 2 bridgehead atoms. The maximum absolute atomic E-state index is 12.5. The zero-order valence-electron chi connectivity index (χ0n) is 18.3. The van der Waals surface area contributed by atoms with Gasteiger partial charge < -0.3 is 14.9 Å². The van der Waals surface area contributed by atoms with Gasteiger partial charge in [-0.15, -0.1) is 0 Å². The molecule has 5 heteroatoms. The first-order valence-electron chi connectivity index (χ1n) is 12.2. The van der Waals surface area contributed by atoms with Gasteiger partial charge in [0.05, 0.1) is 23.3 Å². The number of hydrogen-bond donors (Lipinski definition) is 2. The average molecular weight is 431 g/mol. The van der Waals surface area contributed by atoms with Crippen LogP contribution in [0.4, 0.5) is 0 Å². The second kappa shape index (κ2) is 6.58. The Morgan fingerprint density at radius 2 is 1.94 bits per heavy atom. The molecule has 2 aromatic carbocycles. The van der Waals surface area contributed by atoms with Gasteiger partial charge in [-0.3, -0.25) is 9.89 Å². The first-order valence-corrected chi connectivity index (χ1v) is 12.2. The monoisotopic (exact) mass is 430 g/mol. The fraction of sp³-hybridized carbons (Fsp3) is 0.519. The molecule has 1 spiro atoms. The minimum atomic E-state index is -0.845. The number of ether oxygens (including phenoxy) is 1. The van der Waals surface area contributed by atoms with Crippen molar-refractivity contribution in [3.63, 3.8) is 0 Å². The number of hydrogen-bond acceptors (Lipinski definition) is 5. The van der Waals surface area contributed by atoms with Crippen LogP contribution in [0.1, 0.15) is 48.8 Å². The largest absolute Gasteiger partial charge is 0.504 e. The number of aromatic hydroxyl groups is 1. The highest BCUT2D eigenvalue weighted by Gasteiger charge is 2.72. The molecule has 1 saturated heterocycles. The summed E-state index contributed by atoms with van der Waals surface area (Å²) in [5.74, 6) is 1.58. The Morgan fingerprint density at radius 3 is 2.75 bits per heavy atom. The maximum atomic E-state index is 12.5. The molecule has 0 aromatic heterocycles. The fourth-order valence-electron chi connectivity index (χ4n) is 7.22. The van der Waals surface area contributed by atoms with E-state index >= 15 is 0 Å². The Morgan fingerprint density at radius 1 is 1.09 bits per heavy atom. The number of benzene rings is 2. The lowest BCUT2D eigenvalue weighted by Gasteiger charge is -2.63. The van der Waals surface area contributed by atoms with Crippen molar-refractivity contribution in [2.45, 2.75) is 68.2 Å². The molecule has 5 nitrogen and oxygen atoms in total. The Kier molecular flexibility index (Phi) is 3.93. The Bertz CT molecular complexity index is 1110. The number of phenolic OH excluding ortho intramolecular Hbond substituents is 1. The molecule has 2 aromatic rings. The number of nitrogens with zero attached hydrogens (tertiary/aromatic N) is 2. The summed E-state index contributed by atoms with van der Waals surface area (Å²) in [5.41, 5.74) is 3.17. The predicted molar refractivity (Wildman–Crippen MR) is 122 cm³/mol. The van der Waals surface area contributed by atoms with Gasteiger partial charge in [-0.2, -0.15) is 0 Å². The molecule has 2 N–H and O–H groups in total. The molecule has 4 atom stereocenters. The smallest absolute Gasteiger partial charge is 0.166 e. The summed E-state index contributed by atoms with van der Waals surface area (Å²) in [6.07, 6.45) is 5.49. The van der Waals surface area contributed by atoms with Crippen molar-refractivity contribution >= 4 is 5.71 Å². The molecule has 3 aliphatic carbocycles. The fourth-order valence-corrected chi connectivity index (χ4v) is 7.22. The van der Waals surface area contributed by atoms with Crippen LogP contribution in [0.2, 0.25) is 0 Å². The first-order chi connectivity index (χ1) is 15.6. The van der Waals surface area contributed by atoms with E-state index in [1.54, 1.807) is 6.07 Å². The third-order valence-corrected chi connectivity index (χ3v) is 8.89. The molecule has 0 unspecified atom stereocenters. The van der Waals surface area contributed by atoms with Gasteiger partial charge >= 0.3 is 0 Å². The van der Waals surface area contributed by atoms with Crippen molar-refractivity contribution in [2.75, 3.05) is 13.1 Å². The number of rotatable bonds is 4. The van der Waals surface area contributed by atoms with Gasteiger partial charge in [-0.05, 0) is 68.2 Å². The second-order valence-corrected chi connectivity index (χ2v) is 10.5. The van der Waals surface area contributed by atoms with E-state index < -0.39 is 11.0 Å². The van der Waals surface area contributed by atoms with Crippen LogP contribution < -0.4 is 4.74 Å². The van der Waals surface area contributed by atoms with Gasteiger partial charge in [0.1, 0.15) is 6.10 Å². The van der Waals surface area contributed by atoms with Gasteiger partial charge in [-0.25, -0.2) is 0 Å². The Balaban J connectivity index is 1.34. The molecule has 3 fully saturated rings. The van der Waals surface area contributed by atoms with Crippen molar-refractivity contribution in [2.24, 2.45) is 10.9 Å². The number of aliphatic imine (C=N–C) groups is 1. The summed E-state index contributed by atoms with van der Waals surface area (Å²) in [6.45, 7) is 2.70. The molecular formula is C27H30N2O3. The molecule has 5 aliphatic rings. The molecule has 0 amide bonds. The van der Waals surface area contributed by atoms with Crippen LogP contribution in [0.5, 0.6) is 11.5 Å². The average Bonchev–Trinajstić information content (AvgIpc) is 3.54. The third kappa shape index (κ3) is 2.44. The summed E-state index contributed by atoms with van der Waals surface area (Å²) >= 11 is 0. The van der Waals surface area contributed by atoms with E-state index in [0.717, 1.165) is 49.5 Å². The molecule has 2 aliphatic heterocycles. The van der Waals surface area contributed by atoms with Crippen LogP contribution in [0.15, 0.2) is 47.5 Å². The van der Waals surface area contributed by atoms with Gasteiger partial charge in [0.2, 0.25) is 0 Å². The van der Waals surface area contributed by atoms with Gasteiger partial charge in [0.15, 0.2) is 11.5 Å². The van der Waals surface area contributed by atoms with E-state index in [-0.39, 0.29) is 17.9 Å². The number of piperidine rings is 1. The molecule has 32 heavy (non-hydrogen) atoms. The van der Waals surface area contributed by atoms with E-state index in [9.17, 15) is 10.2 Å². The lowest BCUT2D eigenvalue weighted by Crippen LogP contribution is -2.76. The standard InChI is InChI=1S/C27H30N2O3/c30-21-9-8-19-14-22-27(31)11-10-20(28-15-17-4-2-1-3-5-17)25-26(27,23(19)24(21)32-25)12-13-29(22)16-18-6-7-18/h1-5,8-9,18,22,25,30-31H,6-7,10-16H2/t22-,25+,26+,27-/m1/s1. The van der Waals surface area contributed by atoms with Gasteiger partial charge in [0, 0.05) is 18.2 Å². The Labute approximate surface area is 188 Å². The normalized spacial score (nSPS) is 36.1. The van der Waals surface area contributed by atoms with E-state index in [1.165, 1.54) is 24.0 Å². The molecular weight excluding hydrogens is 400 g/mol. The number of aliphatic hydroxyl groups is 1. The molecule has 7 rings (SSSR count). The summed E-state index contributed by atoms with van der Waals surface area (Å²) in [4.78, 5) is 7.60. The first kappa shape index (κ1) is 19.1. The second-order valence-electron chi connectivity index (χ2n) is 10.5. The summed E-state index contributed by atoms with van der Waals surface area (Å²) < 4.78 is 6.54.